The third-order valence-electron chi connectivity index (χ3n) is 2.17. The first kappa shape index (κ1) is 6.64. The third kappa shape index (κ3) is 1.09. The van der Waals surface area contributed by atoms with E-state index in [2.05, 4.69) is 25.1 Å². The summed E-state index contributed by atoms with van der Waals surface area (Å²) in [6.07, 6.45) is 5.34. The molecule has 1 heteroatoms. The highest BCUT2D eigenvalue weighted by Crippen LogP contribution is 2.28. The first-order valence-corrected chi connectivity index (χ1v) is 3.35. The average molecular weight is 123 g/mol. The fourth-order valence-electron chi connectivity index (χ4n) is 0.917. The number of rotatable bonds is 1. The van der Waals surface area contributed by atoms with Crippen LogP contribution in [0.2, 0.25) is 0 Å². The molecule has 1 heterocycles. The van der Waals surface area contributed by atoms with E-state index >= 15 is 0 Å². The number of hydrogen-bond donors (Lipinski definition) is 1. The molecular weight excluding hydrogens is 110 g/mol. The van der Waals surface area contributed by atoms with Gasteiger partial charge in [-0.2, -0.15) is 0 Å². The van der Waals surface area contributed by atoms with Crippen molar-refractivity contribution in [3.63, 3.8) is 0 Å². The normalized spacial score (nSPS) is 20.6. The molecule has 0 amide bonds. The van der Waals surface area contributed by atoms with E-state index in [1.54, 1.807) is 0 Å². The Labute approximate surface area is 56.8 Å². The minimum Gasteiger partial charge on any atom is -0.316 e. The molecule has 0 aromatic rings. The average Bonchev–Trinajstić information content (AvgIpc) is 1.60. The molecule has 1 N–H and O–H groups in total. The first-order chi connectivity index (χ1) is 4.17. The molecule has 0 aliphatic carbocycles. The Kier molecular flexibility index (Phi) is 1.50. The quantitative estimate of drug-likeness (QED) is 0.510. The van der Waals surface area contributed by atoms with Crippen LogP contribution in [-0.4, -0.2) is 13.1 Å². The highest BCUT2D eigenvalue weighted by Gasteiger charge is 2.31. The summed E-state index contributed by atoms with van der Waals surface area (Å²) in [7, 11) is 0. The van der Waals surface area contributed by atoms with Crippen LogP contribution in [0.4, 0.5) is 0 Å². The lowest BCUT2D eigenvalue weighted by Gasteiger charge is -2.37. The second kappa shape index (κ2) is 2.04. The van der Waals surface area contributed by atoms with E-state index in [1.807, 2.05) is 0 Å². The van der Waals surface area contributed by atoms with E-state index in [-0.39, 0.29) is 5.41 Å². The Bertz CT molecular complexity index is 137. The van der Waals surface area contributed by atoms with Crippen LogP contribution in [0, 0.1) is 23.7 Å². The molecule has 0 saturated carbocycles. The molecule has 1 saturated heterocycles. The molecule has 1 rings (SSSR count). The molecule has 0 spiro atoms. The lowest BCUT2D eigenvalue weighted by molar-refractivity contribution is 0.205. The molecule has 0 aromatic heterocycles. The number of hydrogen-bond acceptors (Lipinski definition) is 1. The van der Waals surface area contributed by atoms with Crippen molar-refractivity contribution < 1.29 is 0 Å². The Hall–Kier alpha value is -0.480. The summed E-state index contributed by atoms with van der Waals surface area (Å²) in [6.45, 7) is 6.44. The van der Waals surface area contributed by atoms with Gasteiger partial charge in [-0.1, -0.05) is 0 Å². The van der Waals surface area contributed by atoms with E-state index in [0.717, 1.165) is 13.1 Å². The highest BCUT2D eigenvalue weighted by atomic mass is 15.0. The Morgan fingerprint density at radius 3 is 2.22 bits per heavy atom. The maximum atomic E-state index is 5.34. The van der Waals surface area contributed by atoms with Crippen LogP contribution in [0.25, 0.3) is 0 Å². The van der Waals surface area contributed by atoms with Gasteiger partial charge in [-0.3, -0.25) is 0 Å². The van der Waals surface area contributed by atoms with Crippen LogP contribution in [0.1, 0.15) is 13.8 Å². The van der Waals surface area contributed by atoms with Gasteiger partial charge in [-0.25, -0.2) is 0 Å². The lowest BCUT2D eigenvalue weighted by atomic mass is 9.76. The molecule has 1 aliphatic heterocycles. The monoisotopic (exact) mass is 123 g/mol. The maximum Gasteiger partial charge on any atom is 0.0308 e. The zero-order valence-electron chi connectivity index (χ0n) is 6.07. The SMILES string of the molecule is C#CC(C)(C)C1CNC1. The van der Waals surface area contributed by atoms with E-state index in [1.165, 1.54) is 0 Å². The van der Waals surface area contributed by atoms with E-state index in [4.69, 9.17) is 6.42 Å². The van der Waals surface area contributed by atoms with Crippen molar-refractivity contribution in [3.8, 4) is 12.3 Å². The smallest absolute Gasteiger partial charge is 0.0308 e. The van der Waals surface area contributed by atoms with Gasteiger partial charge in [0.15, 0.2) is 0 Å². The van der Waals surface area contributed by atoms with Crippen molar-refractivity contribution in [2.75, 3.05) is 13.1 Å². The van der Waals surface area contributed by atoms with Crippen LogP contribution >= 0.6 is 0 Å². The molecule has 9 heavy (non-hydrogen) atoms. The van der Waals surface area contributed by atoms with Crippen molar-refractivity contribution in [1.82, 2.24) is 5.32 Å². The van der Waals surface area contributed by atoms with Crippen molar-refractivity contribution >= 4 is 0 Å². The first-order valence-electron chi connectivity index (χ1n) is 3.35. The lowest BCUT2D eigenvalue weighted by Crippen LogP contribution is -2.49. The van der Waals surface area contributed by atoms with Crippen LogP contribution in [0.15, 0.2) is 0 Å². The van der Waals surface area contributed by atoms with E-state index in [0.29, 0.717) is 5.92 Å². The van der Waals surface area contributed by atoms with Gasteiger partial charge in [0.25, 0.3) is 0 Å². The molecule has 1 aliphatic rings. The van der Waals surface area contributed by atoms with Gasteiger partial charge in [0.1, 0.15) is 0 Å². The largest absolute Gasteiger partial charge is 0.316 e. The van der Waals surface area contributed by atoms with Gasteiger partial charge in [-0.15, -0.1) is 12.3 Å². The zero-order chi connectivity index (χ0) is 6.91. The summed E-state index contributed by atoms with van der Waals surface area (Å²) in [4.78, 5) is 0. The summed E-state index contributed by atoms with van der Waals surface area (Å²) < 4.78 is 0. The molecule has 50 valence electrons. The van der Waals surface area contributed by atoms with E-state index in [9.17, 15) is 0 Å². The van der Waals surface area contributed by atoms with Crippen LogP contribution < -0.4 is 5.32 Å². The molecule has 0 aromatic carbocycles. The van der Waals surface area contributed by atoms with Crippen LogP contribution in [0.3, 0.4) is 0 Å². The van der Waals surface area contributed by atoms with Crippen LogP contribution in [0.5, 0.6) is 0 Å². The standard InChI is InChI=1S/C8H13N/c1-4-8(2,3)7-5-9-6-7/h1,7,9H,5-6H2,2-3H3. The van der Waals surface area contributed by atoms with Gasteiger partial charge in [0.2, 0.25) is 0 Å². The number of terminal acetylenes is 1. The predicted octanol–water partition coefficient (Wildman–Crippen LogP) is 0.865. The summed E-state index contributed by atoms with van der Waals surface area (Å²) >= 11 is 0. The van der Waals surface area contributed by atoms with Crippen molar-refractivity contribution in [1.29, 1.82) is 0 Å². The van der Waals surface area contributed by atoms with Gasteiger partial charge in [0, 0.05) is 18.5 Å². The summed E-state index contributed by atoms with van der Waals surface area (Å²) in [5.74, 6) is 3.50. The summed E-state index contributed by atoms with van der Waals surface area (Å²) in [5.41, 5.74) is 0.102. The third-order valence-corrected chi connectivity index (χ3v) is 2.17. The van der Waals surface area contributed by atoms with Gasteiger partial charge < -0.3 is 5.32 Å². The summed E-state index contributed by atoms with van der Waals surface area (Å²) in [6, 6.07) is 0. The Morgan fingerprint density at radius 1 is 1.56 bits per heavy atom. The molecule has 0 atom stereocenters. The molecule has 1 nitrogen and oxygen atoms in total. The van der Waals surface area contributed by atoms with Crippen molar-refractivity contribution in [2.24, 2.45) is 11.3 Å². The molecular formula is C8H13N. The second-order valence-corrected chi connectivity index (χ2v) is 3.22. The van der Waals surface area contributed by atoms with Crippen molar-refractivity contribution in [2.45, 2.75) is 13.8 Å². The number of nitrogens with one attached hydrogen (secondary N) is 1. The Morgan fingerprint density at radius 2 is 2.11 bits per heavy atom. The van der Waals surface area contributed by atoms with Gasteiger partial charge in [-0.05, 0) is 19.8 Å². The summed E-state index contributed by atoms with van der Waals surface area (Å²) in [5, 5.41) is 3.21. The second-order valence-electron chi connectivity index (χ2n) is 3.22. The molecule has 0 unspecified atom stereocenters. The molecule has 0 bridgehead atoms. The minimum atomic E-state index is 0.102. The van der Waals surface area contributed by atoms with Crippen molar-refractivity contribution in [3.05, 3.63) is 0 Å². The molecule has 1 fully saturated rings. The topological polar surface area (TPSA) is 12.0 Å². The van der Waals surface area contributed by atoms with Crippen LogP contribution in [-0.2, 0) is 0 Å². The minimum absolute atomic E-state index is 0.102. The fraction of sp³-hybridized carbons (Fsp3) is 0.750. The van der Waals surface area contributed by atoms with E-state index < -0.39 is 0 Å². The van der Waals surface area contributed by atoms with Gasteiger partial charge in [0.05, 0.1) is 0 Å². The molecule has 0 radical (unpaired) electrons. The maximum absolute atomic E-state index is 5.34. The highest BCUT2D eigenvalue weighted by molar-refractivity contribution is 5.06. The zero-order valence-corrected chi connectivity index (χ0v) is 6.07. The fourth-order valence-corrected chi connectivity index (χ4v) is 0.917. The predicted molar refractivity (Wildman–Crippen MR) is 39.0 cm³/mol. The van der Waals surface area contributed by atoms with Gasteiger partial charge >= 0.3 is 0 Å². The Balaban J connectivity index is 2.50.